The van der Waals surface area contributed by atoms with Crippen molar-refractivity contribution in [1.82, 2.24) is 4.31 Å². The molecule has 0 saturated heterocycles. The zero-order valence-electron chi connectivity index (χ0n) is 12.1. The number of ether oxygens (including phenoxy) is 1. The molecule has 0 N–H and O–H groups in total. The third kappa shape index (κ3) is 3.85. The van der Waals surface area contributed by atoms with Gasteiger partial charge in [-0.2, -0.15) is 0 Å². The minimum atomic E-state index is -3.50. The summed E-state index contributed by atoms with van der Waals surface area (Å²) in [6.07, 6.45) is 0. The molecule has 0 bridgehead atoms. The van der Waals surface area contributed by atoms with E-state index >= 15 is 0 Å². The highest BCUT2D eigenvalue weighted by Crippen LogP contribution is 2.23. The Hall–Kier alpha value is -1.44. The largest absolute Gasteiger partial charge is 0.486 e. The average Bonchev–Trinajstić information content (AvgIpc) is 2.46. The predicted molar refractivity (Wildman–Crippen MR) is 85.7 cm³/mol. The van der Waals surface area contributed by atoms with Crippen molar-refractivity contribution in [2.24, 2.45) is 0 Å². The van der Waals surface area contributed by atoms with Gasteiger partial charge in [0.2, 0.25) is 10.0 Å². The van der Waals surface area contributed by atoms with Crippen LogP contribution in [0.15, 0.2) is 51.8 Å². The Morgan fingerprint density at radius 1 is 1.18 bits per heavy atom. The van der Waals surface area contributed by atoms with Gasteiger partial charge in [-0.05, 0) is 35.9 Å². The van der Waals surface area contributed by atoms with E-state index in [1.807, 2.05) is 0 Å². The van der Waals surface area contributed by atoms with Crippen molar-refractivity contribution < 1.29 is 17.5 Å². The van der Waals surface area contributed by atoms with E-state index in [0.717, 1.165) is 4.31 Å². The number of hydrogen-bond donors (Lipinski definition) is 0. The van der Waals surface area contributed by atoms with Gasteiger partial charge in [-0.3, -0.25) is 0 Å². The van der Waals surface area contributed by atoms with Crippen LogP contribution in [0, 0.1) is 5.82 Å². The second-order valence-corrected chi connectivity index (χ2v) is 7.87. The molecule has 0 saturated carbocycles. The normalized spacial score (nSPS) is 11.7. The van der Waals surface area contributed by atoms with Gasteiger partial charge in [-0.1, -0.05) is 28.1 Å². The zero-order valence-corrected chi connectivity index (χ0v) is 14.5. The second kappa shape index (κ2) is 6.76. The van der Waals surface area contributed by atoms with Gasteiger partial charge >= 0.3 is 0 Å². The lowest BCUT2D eigenvalue weighted by atomic mass is 10.2. The van der Waals surface area contributed by atoms with Gasteiger partial charge in [-0.25, -0.2) is 17.1 Å². The van der Waals surface area contributed by atoms with Crippen LogP contribution in [0.2, 0.25) is 0 Å². The molecule has 0 aliphatic carbocycles. The van der Waals surface area contributed by atoms with E-state index < -0.39 is 15.8 Å². The van der Waals surface area contributed by atoms with Crippen molar-refractivity contribution in [3.05, 3.63) is 58.3 Å². The Kier molecular flexibility index (Phi) is 5.20. The van der Waals surface area contributed by atoms with Crippen molar-refractivity contribution in [3.8, 4) is 5.75 Å². The van der Waals surface area contributed by atoms with E-state index in [4.69, 9.17) is 4.74 Å². The summed E-state index contributed by atoms with van der Waals surface area (Å²) in [5.41, 5.74) is 0.644. The van der Waals surface area contributed by atoms with Gasteiger partial charge in [0.25, 0.3) is 0 Å². The lowest BCUT2D eigenvalue weighted by molar-refractivity contribution is 0.290. The van der Waals surface area contributed by atoms with Gasteiger partial charge in [0, 0.05) is 18.6 Å². The van der Waals surface area contributed by atoms with Crippen LogP contribution in [0.5, 0.6) is 5.75 Å². The summed E-state index contributed by atoms with van der Waals surface area (Å²) in [4.78, 5) is 0.176. The van der Waals surface area contributed by atoms with Gasteiger partial charge in [0.1, 0.15) is 6.61 Å². The lowest BCUT2D eigenvalue weighted by Crippen LogP contribution is -2.22. The van der Waals surface area contributed by atoms with Gasteiger partial charge in [0.05, 0.1) is 4.90 Å². The number of rotatable bonds is 5. The van der Waals surface area contributed by atoms with Crippen molar-refractivity contribution in [2.45, 2.75) is 11.5 Å². The summed E-state index contributed by atoms with van der Waals surface area (Å²) in [6, 6.07) is 10.9. The Morgan fingerprint density at radius 3 is 2.55 bits per heavy atom. The fourth-order valence-corrected chi connectivity index (χ4v) is 3.07. The molecule has 0 aliphatic rings. The highest BCUT2D eigenvalue weighted by atomic mass is 79.9. The molecule has 0 spiro atoms. The molecule has 0 aliphatic heterocycles. The Labute approximate surface area is 137 Å². The van der Waals surface area contributed by atoms with E-state index in [1.54, 1.807) is 18.2 Å². The van der Waals surface area contributed by atoms with Crippen LogP contribution in [0.4, 0.5) is 4.39 Å². The number of halogens is 2. The van der Waals surface area contributed by atoms with Crippen LogP contribution < -0.4 is 4.74 Å². The molecule has 2 rings (SSSR count). The highest BCUT2D eigenvalue weighted by Gasteiger charge is 2.17. The van der Waals surface area contributed by atoms with Crippen LogP contribution in [0.3, 0.4) is 0 Å². The highest BCUT2D eigenvalue weighted by molar-refractivity contribution is 9.10. The molecular weight excluding hydrogens is 373 g/mol. The summed E-state index contributed by atoms with van der Waals surface area (Å²) in [7, 11) is -0.563. The minimum Gasteiger partial charge on any atom is -0.486 e. The Balaban J connectivity index is 2.18. The Bertz CT molecular complexity index is 778. The molecule has 2 aromatic rings. The summed E-state index contributed by atoms with van der Waals surface area (Å²) < 4.78 is 45.0. The van der Waals surface area contributed by atoms with Crippen LogP contribution in [0.25, 0.3) is 0 Å². The summed E-state index contributed by atoms with van der Waals surface area (Å²) in [5, 5.41) is 0. The smallest absolute Gasteiger partial charge is 0.242 e. The zero-order chi connectivity index (χ0) is 16.3. The quantitative estimate of drug-likeness (QED) is 0.789. The van der Waals surface area contributed by atoms with Crippen LogP contribution in [-0.4, -0.2) is 26.8 Å². The maximum Gasteiger partial charge on any atom is 0.242 e. The van der Waals surface area contributed by atoms with Crippen LogP contribution in [-0.2, 0) is 16.6 Å². The first-order valence-electron chi connectivity index (χ1n) is 6.40. The van der Waals surface area contributed by atoms with Crippen LogP contribution >= 0.6 is 15.9 Å². The number of sulfonamides is 1. The topological polar surface area (TPSA) is 46.6 Å². The van der Waals surface area contributed by atoms with Crippen molar-refractivity contribution in [3.63, 3.8) is 0 Å². The average molecular weight is 388 g/mol. The molecule has 22 heavy (non-hydrogen) atoms. The molecule has 0 atom stereocenters. The molecular formula is C15H15BrFNO3S. The minimum absolute atomic E-state index is 0.0787. The fraction of sp³-hybridized carbons (Fsp3) is 0.200. The second-order valence-electron chi connectivity index (χ2n) is 4.80. The number of benzene rings is 2. The van der Waals surface area contributed by atoms with Crippen molar-refractivity contribution in [1.29, 1.82) is 0 Å². The van der Waals surface area contributed by atoms with Gasteiger partial charge < -0.3 is 4.74 Å². The van der Waals surface area contributed by atoms with E-state index in [9.17, 15) is 12.8 Å². The molecule has 0 amide bonds. The standard InChI is InChI=1S/C15H15BrFNO3S/c1-18(2)22(19,20)13-5-3-4-11(8-13)10-21-15-7-6-12(16)9-14(15)17/h3-9H,10H2,1-2H3. The van der Waals surface area contributed by atoms with Crippen LogP contribution in [0.1, 0.15) is 5.56 Å². The third-order valence-corrected chi connectivity index (χ3v) is 5.27. The molecule has 0 aromatic heterocycles. The molecule has 2 aromatic carbocycles. The maximum atomic E-state index is 13.7. The lowest BCUT2D eigenvalue weighted by Gasteiger charge is -2.13. The van der Waals surface area contributed by atoms with E-state index in [0.29, 0.717) is 10.0 Å². The predicted octanol–water partition coefficient (Wildman–Crippen LogP) is 3.42. The molecule has 0 fully saturated rings. The third-order valence-electron chi connectivity index (χ3n) is 2.97. The Morgan fingerprint density at radius 2 is 1.91 bits per heavy atom. The first kappa shape index (κ1) is 16.9. The fourth-order valence-electron chi connectivity index (χ4n) is 1.76. The summed E-state index contributed by atoms with van der Waals surface area (Å²) in [6.45, 7) is 0.0787. The molecule has 0 radical (unpaired) electrons. The summed E-state index contributed by atoms with van der Waals surface area (Å²) in [5.74, 6) is -0.365. The number of hydrogen-bond acceptors (Lipinski definition) is 3. The van der Waals surface area contributed by atoms with Gasteiger partial charge in [-0.15, -0.1) is 0 Å². The molecule has 4 nitrogen and oxygen atoms in total. The van der Waals surface area contributed by atoms with E-state index in [1.165, 1.54) is 38.4 Å². The monoisotopic (exact) mass is 387 g/mol. The first-order valence-corrected chi connectivity index (χ1v) is 8.63. The number of nitrogens with zero attached hydrogens (tertiary/aromatic N) is 1. The molecule has 0 unspecified atom stereocenters. The molecule has 0 heterocycles. The SMILES string of the molecule is CN(C)S(=O)(=O)c1cccc(COc2ccc(Br)cc2F)c1. The molecule has 118 valence electrons. The summed E-state index contributed by atoms with van der Waals surface area (Å²) >= 11 is 3.17. The molecule has 7 heteroatoms. The van der Waals surface area contributed by atoms with Gasteiger partial charge in [0.15, 0.2) is 11.6 Å². The van der Waals surface area contributed by atoms with Crippen molar-refractivity contribution >= 4 is 26.0 Å². The van der Waals surface area contributed by atoms with Crippen molar-refractivity contribution in [2.75, 3.05) is 14.1 Å². The first-order chi connectivity index (χ1) is 10.3. The van der Waals surface area contributed by atoms with E-state index in [2.05, 4.69) is 15.9 Å². The van der Waals surface area contributed by atoms with E-state index in [-0.39, 0.29) is 17.3 Å². The maximum absolute atomic E-state index is 13.7.